The van der Waals surface area contributed by atoms with Gasteiger partial charge < -0.3 is 14.5 Å². The Morgan fingerprint density at radius 3 is 2.88 bits per heavy atom. The van der Waals surface area contributed by atoms with Gasteiger partial charge in [0.2, 0.25) is 5.91 Å². The van der Waals surface area contributed by atoms with Crippen molar-refractivity contribution in [3.8, 4) is 0 Å². The van der Waals surface area contributed by atoms with Crippen LogP contribution in [0.2, 0.25) is 0 Å². The molecular weight excluding hydrogens is 448 g/mol. The monoisotopic (exact) mass is 472 g/mol. The average molecular weight is 473 g/mol. The maximum Gasteiger partial charge on any atom is 0.273 e. The van der Waals surface area contributed by atoms with Crippen LogP contribution in [0.15, 0.2) is 46.6 Å². The Bertz CT molecular complexity index is 1070. The quantitative estimate of drug-likeness (QED) is 0.486. The highest BCUT2D eigenvalue weighted by Crippen LogP contribution is 2.22. The van der Waals surface area contributed by atoms with Crippen molar-refractivity contribution in [1.29, 1.82) is 0 Å². The third-order valence-electron chi connectivity index (χ3n) is 5.03. The first-order valence-corrected chi connectivity index (χ1v) is 12.2. The summed E-state index contributed by atoms with van der Waals surface area (Å²) >= 11 is 2.91. The predicted molar refractivity (Wildman–Crippen MR) is 121 cm³/mol. The van der Waals surface area contributed by atoms with Crippen LogP contribution in [0, 0.1) is 0 Å². The Morgan fingerprint density at radius 2 is 2.19 bits per heavy atom. The van der Waals surface area contributed by atoms with E-state index < -0.39 is 0 Å². The molecule has 1 aliphatic rings. The van der Waals surface area contributed by atoms with E-state index in [4.69, 9.17) is 4.74 Å². The Hall–Kier alpha value is -2.76. The van der Waals surface area contributed by atoms with Gasteiger partial charge in [0.1, 0.15) is 16.6 Å². The van der Waals surface area contributed by atoms with Gasteiger partial charge in [-0.1, -0.05) is 17.8 Å². The lowest BCUT2D eigenvalue weighted by molar-refractivity contribution is -0.132. The van der Waals surface area contributed by atoms with Gasteiger partial charge in [-0.15, -0.1) is 11.3 Å². The average Bonchev–Trinajstić information content (AvgIpc) is 3.41. The summed E-state index contributed by atoms with van der Waals surface area (Å²) in [5, 5.41) is 5.92. The zero-order chi connectivity index (χ0) is 22.5. The van der Waals surface area contributed by atoms with Crippen molar-refractivity contribution in [3.05, 3.63) is 59.1 Å². The molecule has 1 aliphatic heterocycles. The molecule has 0 radical (unpaired) electrons. The number of hydrogen-bond donors (Lipinski definition) is 0. The lowest BCUT2D eigenvalue weighted by Crippen LogP contribution is -2.39. The lowest BCUT2D eigenvalue weighted by Gasteiger charge is -2.24. The number of amides is 2. The van der Waals surface area contributed by atoms with Crippen LogP contribution in [0.3, 0.4) is 0 Å². The van der Waals surface area contributed by atoms with Gasteiger partial charge in [0.25, 0.3) is 5.91 Å². The van der Waals surface area contributed by atoms with Crippen LogP contribution in [-0.4, -0.2) is 73.4 Å². The zero-order valence-corrected chi connectivity index (χ0v) is 19.5. The molecule has 1 fully saturated rings. The first kappa shape index (κ1) is 22.4. The number of hydrogen-bond acceptors (Lipinski definition) is 8. The molecule has 0 spiro atoms. The number of thiazole rings is 1. The highest BCUT2D eigenvalue weighted by atomic mass is 32.2. The SMILES string of the molecule is CSc1nc(C(=O)N2CC(=O)N(Cc3cnn(C)c3)C[C@H](OCc3cccnc3)C2)cs1. The molecule has 2 amide bonds. The summed E-state index contributed by atoms with van der Waals surface area (Å²) in [6.45, 7) is 1.43. The van der Waals surface area contributed by atoms with E-state index in [0.29, 0.717) is 31.9 Å². The number of carbonyl (C=O) groups is 2. The topological polar surface area (TPSA) is 93.5 Å². The predicted octanol–water partition coefficient (Wildman–Crippen LogP) is 2.06. The van der Waals surface area contributed by atoms with Crippen LogP contribution >= 0.6 is 23.1 Å². The second kappa shape index (κ2) is 10.2. The summed E-state index contributed by atoms with van der Waals surface area (Å²) in [5.41, 5.74) is 2.22. The van der Waals surface area contributed by atoms with Crippen molar-refractivity contribution in [2.24, 2.45) is 7.05 Å². The van der Waals surface area contributed by atoms with Gasteiger partial charge in [-0.3, -0.25) is 19.3 Å². The maximum atomic E-state index is 13.1. The van der Waals surface area contributed by atoms with Gasteiger partial charge in [0.15, 0.2) is 0 Å². The number of pyridine rings is 1. The minimum Gasteiger partial charge on any atom is -0.370 e. The summed E-state index contributed by atoms with van der Waals surface area (Å²) < 4.78 is 8.66. The van der Waals surface area contributed by atoms with Gasteiger partial charge >= 0.3 is 0 Å². The molecule has 4 rings (SSSR count). The molecule has 0 bridgehead atoms. The first-order chi connectivity index (χ1) is 15.5. The molecule has 3 aromatic rings. The smallest absolute Gasteiger partial charge is 0.273 e. The van der Waals surface area contributed by atoms with Crippen LogP contribution in [-0.2, 0) is 29.7 Å². The van der Waals surface area contributed by atoms with Crippen molar-refractivity contribution in [1.82, 2.24) is 29.5 Å². The van der Waals surface area contributed by atoms with Crippen LogP contribution in [0.5, 0.6) is 0 Å². The van der Waals surface area contributed by atoms with Crippen molar-refractivity contribution in [2.45, 2.75) is 23.6 Å². The van der Waals surface area contributed by atoms with E-state index in [1.165, 1.54) is 23.1 Å². The van der Waals surface area contributed by atoms with Gasteiger partial charge in [-0.2, -0.15) is 5.10 Å². The number of rotatable bonds is 7. The van der Waals surface area contributed by atoms with E-state index >= 15 is 0 Å². The van der Waals surface area contributed by atoms with Crippen molar-refractivity contribution in [3.63, 3.8) is 0 Å². The fraction of sp³-hybridized carbons (Fsp3) is 0.381. The number of ether oxygens (including phenoxy) is 1. The molecule has 4 heterocycles. The molecule has 1 saturated heterocycles. The van der Waals surface area contributed by atoms with Crippen LogP contribution in [0.4, 0.5) is 0 Å². The zero-order valence-electron chi connectivity index (χ0n) is 17.9. The van der Waals surface area contributed by atoms with E-state index in [1.807, 2.05) is 31.6 Å². The molecule has 32 heavy (non-hydrogen) atoms. The van der Waals surface area contributed by atoms with E-state index in [9.17, 15) is 9.59 Å². The number of nitrogens with zero attached hydrogens (tertiary/aromatic N) is 6. The molecular formula is C21H24N6O3S2. The molecule has 11 heteroatoms. The molecule has 9 nitrogen and oxygen atoms in total. The van der Waals surface area contributed by atoms with Gasteiger partial charge in [0.05, 0.1) is 18.9 Å². The molecule has 0 aliphatic carbocycles. The Labute approximate surface area is 194 Å². The highest BCUT2D eigenvalue weighted by molar-refractivity contribution is 8.00. The summed E-state index contributed by atoms with van der Waals surface area (Å²) in [7, 11) is 1.84. The van der Waals surface area contributed by atoms with Crippen LogP contribution < -0.4 is 0 Å². The van der Waals surface area contributed by atoms with Gasteiger partial charge in [-0.25, -0.2) is 4.98 Å². The number of aryl methyl sites for hydroxylation is 1. The minimum atomic E-state index is -0.346. The summed E-state index contributed by atoms with van der Waals surface area (Å²) in [4.78, 5) is 38.0. The summed E-state index contributed by atoms with van der Waals surface area (Å²) in [6.07, 6.45) is 8.65. The van der Waals surface area contributed by atoms with Crippen molar-refractivity contribution < 1.29 is 14.3 Å². The molecule has 0 aromatic carbocycles. The summed E-state index contributed by atoms with van der Waals surface area (Å²) in [6, 6.07) is 3.79. The number of aromatic nitrogens is 4. The van der Waals surface area contributed by atoms with E-state index in [1.54, 1.807) is 38.5 Å². The Kier molecular flexibility index (Phi) is 7.18. The first-order valence-electron chi connectivity index (χ1n) is 10.1. The fourth-order valence-electron chi connectivity index (χ4n) is 3.47. The van der Waals surface area contributed by atoms with Crippen LogP contribution in [0.1, 0.15) is 21.6 Å². The largest absolute Gasteiger partial charge is 0.370 e. The minimum absolute atomic E-state index is 0.0159. The third-order valence-corrected chi connectivity index (χ3v) is 6.89. The maximum absolute atomic E-state index is 13.1. The molecule has 0 N–H and O–H groups in total. The van der Waals surface area contributed by atoms with Gasteiger partial charge in [-0.05, 0) is 17.9 Å². The molecule has 0 saturated carbocycles. The second-order valence-electron chi connectivity index (χ2n) is 7.48. The highest BCUT2D eigenvalue weighted by Gasteiger charge is 2.32. The summed E-state index contributed by atoms with van der Waals surface area (Å²) in [5.74, 6) is -0.386. The molecule has 0 unspecified atom stereocenters. The molecule has 3 aromatic heterocycles. The Balaban J connectivity index is 1.52. The van der Waals surface area contributed by atoms with Crippen molar-refractivity contribution >= 4 is 34.9 Å². The molecule has 168 valence electrons. The van der Waals surface area contributed by atoms with E-state index in [0.717, 1.165) is 15.5 Å². The number of carbonyl (C=O) groups excluding carboxylic acids is 2. The van der Waals surface area contributed by atoms with E-state index in [-0.39, 0.29) is 24.5 Å². The lowest BCUT2D eigenvalue weighted by atomic mass is 10.2. The fourth-order valence-corrected chi connectivity index (χ4v) is 4.71. The third kappa shape index (κ3) is 5.53. The van der Waals surface area contributed by atoms with Crippen molar-refractivity contribution in [2.75, 3.05) is 25.9 Å². The van der Waals surface area contributed by atoms with Gasteiger partial charge in [0, 0.05) is 56.2 Å². The normalized spacial score (nSPS) is 16.9. The second-order valence-corrected chi connectivity index (χ2v) is 9.39. The van der Waals surface area contributed by atoms with Crippen LogP contribution in [0.25, 0.3) is 0 Å². The Morgan fingerprint density at radius 1 is 1.31 bits per heavy atom. The number of thioether (sulfide) groups is 1. The standard InChI is InChI=1S/C21H24N6O3S2/c1-25-8-16(7-23-25)9-26-10-17(30-13-15-4-3-5-22-6-15)11-27(12-19(26)28)20(29)18-14-32-21(24-18)31-2/h3-8,14,17H,9-13H2,1-2H3/t17-/m0/s1. The van der Waals surface area contributed by atoms with E-state index in [2.05, 4.69) is 15.1 Å². The molecule has 1 atom stereocenters.